The van der Waals surface area contributed by atoms with Crippen LogP contribution >= 0.6 is 0 Å². The van der Waals surface area contributed by atoms with E-state index < -0.39 is 17.4 Å². The summed E-state index contributed by atoms with van der Waals surface area (Å²) in [7, 11) is 2.60. The van der Waals surface area contributed by atoms with Crippen LogP contribution in [0.25, 0.3) is 0 Å². The lowest BCUT2D eigenvalue weighted by Gasteiger charge is -2.10. The maximum absolute atomic E-state index is 11.6. The van der Waals surface area contributed by atoms with Crippen molar-refractivity contribution in [3.8, 4) is 0 Å². The molecule has 0 aromatic heterocycles. The first-order valence-electron chi connectivity index (χ1n) is 5.01. The first-order chi connectivity index (χ1) is 7.15. The van der Waals surface area contributed by atoms with E-state index in [1.807, 2.05) is 6.08 Å². The maximum atomic E-state index is 11.6. The first kappa shape index (κ1) is 10.2. The lowest BCUT2D eigenvalue weighted by atomic mass is 10.0. The lowest BCUT2D eigenvalue weighted by molar-refractivity contribution is -0.161. The van der Waals surface area contributed by atoms with Crippen molar-refractivity contribution in [3.05, 3.63) is 11.6 Å². The summed E-state index contributed by atoms with van der Waals surface area (Å²) in [5.41, 5.74) is 0.286. The Morgan fingerprint density at radius 3 is 2.20 bits per heavy atom. The number of ether oxygens (including phenoxy) is 2. The standard InChI is InChI=1S/C11H14O4/c1-14-9(12)11(10(13)15-2)6-8(11)5-7-3-4-7/h5,8H,3-4,6H2,1-2H3. The molecule has 15 heavy (non-hydrogen) atoms. The number of carbonyl (C=O) groups excluding carboxylic acids is 2. The molecule has 0 aromatic rings. The molecule has 1 unspecified atom stereocenters. The highest BCUT2D eigenvalue weighted by Crippen LogP contribution is 2.56. The molecule has 0 aliphatic heterocycles. The number of allylic oxidation sites excluding steroid dienone is 2. The SMILES string of the molecule is COC(=O)C1(C(=O)OC)CC1C=C1CC1. The van der Waals surface area contributed by atoms with Crippen LogP contribution in [0, 0.1) is 11.3 Å². The molecule has 2 saturated carbocycles. The van der Waals surface area contributed by atoms with Crippen LogP contribution in [0.5, 0.6) is 0 Å². The maximum Gasteiger partial charge on any atom is 0.323 e. The topological polar surface area (TPSA) is 52.6 Å². The number of hydrogen-bond acceptors (Lipinski definition) is 4. The van der Waals surface area contributed by atoms with E-state index in [-0.39, 0.29) is 5.92 Å². The number of carbonyl (C=O) groups is 2. The Bertz CT molecular complexity index is 320. The molecule has 82 valence electrons. The third kappa shape index (κ3) is 1.54. The van der Waals surface area contributed by atoms with Crippen LogP contribution in [0.1, 0.15) is 19.3 Å². The fraction of sp³-hybridized carbons (Fsp3) is 0.636. The summed E-state index contributed by atoms with van der Waals surface area (Å²) in [5, 5.41) is 0. The van der Waals surface area contributed by atoms with Crippen LogP contribution in [0.2, 0.25) is 0 Å². The number of hydrogen-bond donors (Lipinski definition) is 0. The van der Waals surface area contributed by atoms with Crippen molar-refractivity contribution >= 4 is 11.9 Å². The molecule has 4 heteroatoms. The summed E-state index contributed by atoms with van der Waals surface area (Å²) in [6.45, 7) is 0. The average Bonchev–Trinajstić information content (AvgIpc) is 3.14. The summed E-state index contributed by atoms with van der Waals surface area (Å²) in [6.07, 6.45) is 4.73. The van der Waals surface area contributed by atoms with Crippen LogP contribution in [0.15, 0.2) is 11.6 Å². The average molecular weight is 210 g/mol. The van der Waals surface area contributed by atoms with Gasteiger partial charge in [-0.2, -0.15) is 0 Å². The molecule has 0 spiro atoms. The van der Waals surface area contributed by atoms with Gasteiger partial charge in [0.15, 0.2) is 5.41 Å². The molecule has 0 N–H and O–H groups in total. The Balaban J connectivity index is 2.16. The van der Waals surface area contributed by atoms with Gasteiger partial charge < -0.3 is 9.47 Å². The zero-order chi connectivity index (χ0) is 11.1. The van der Waals surface area contributed by atoms with Crippen LogP contribution in [0.3, 0.4) is 0 Å². The zero-order valence-electron chi connectivity index (χ0n) is 8.91. The summed E-state index contributed by atoms with van der Waals surface area (Å²) in [5.74, 6) is -0.969. The van der Waals surface area contributed by atoms with E-state index in [0.29, 0.717) is 6.42 Å². The zero-order valence-corrected chi connectivity index (χ0v) is 8.91. The van der Waals surface area contributed by atoms with E-state index in [2.05, 4.69) is 9.47 Å². The smallest absolute Gasteiger partial charge is 0.323 e. The second-order valence-electron chi connectivity index (χ2n) is 4.09. The monoisotopic (exact) mass is 210 g/mol. The highest BCUT2D eigenvalue weighted by Gasteiger charge is 2.67. The molecule has 0 aromatic carbocycles. The van der Waals surface area contributed by atoms with Crippen LogP contribution in [-0.2, 0) is 19.1 Å². The summed E-state index contributed by atoms with van der Waals surface area (Å²) in [4.78, 5) is 23.1. The molecule has 0 radical (unpaired) electrons. The molecule has 0 amide bonds. The van der Waals surface area contributed by atoms with Crippen molar-refractivity contribution in [2.24, 2.45) is 11.3 Å². The van der Waals surface area contributed by atoms with Gasteiger partial charge >= 0.3 is 11.9 Å². The van der Waals surface area contributed by atoms with Gasteiger partial charge in [-0.1, -0.05) is 11.6 Å². The van der Waals surface area contributed by atoms with E-state index in [1.54, 1.807) is 0 Å². The molecule has 1 atom stereocenters. The molecule has 2 rings (SSSR count). The first-order valence-corrected chi connectivity index (χ1v) is 5.01. The molecule has 2 fully saturated rings. The van der Waals surface area contributed by atoms with Gasteiger partial charge in [-0.3, -0.25) is 9.59 Å². The fourth-order valence-electron chi connectivity index (χ4n) is 1.93. The van der Waals surface area contributed by atoms with Gasteiger partial charge in [-0.15, -0.1) is 0 Å². The highest BCUT2D eigenvalue weighted by atomic mass is 16.5. The Kier molecular flexibility index (Phi) is 2.29. The van der Waals surface area contributed by atoms with Crippen molar-refractivity contribution in [3.63, 3.8) is 0 Å². The molecule has 0 saturated heterocycles. The van der Waals surface area contributed by atoms with Crippen molar-refractivity contribution < 1.29 is 19.1 Å². The van der Waals surface area contributed by atoms with Crippen LogP contribution in [0.4, 0.5) is 0 Å². The van der Waals surface area contributed by atoms with Gasteiger partial charge in [-0.05, 0) is 19.3 Å². The summed E-state index contributed by atoms with van der Waals surface area (Å²) >= 11 is 0. The second kappa shape index (κ2) is 3.36. The normalized spacial score (nSPS) is 25.5. The Morgan fingerprint density at radius 1 is 1.27 bits per heavy atom. The number of rotatable bonds is 3. The minimum Gasteiger partial charge on any atom is -0.468 e. The van der Waals surface area contributed by atoms with E-state index in [1.165, 1.54) is 19.8 Å². The minimum atomic E-state index is -1.04. The molecular weight excluding hydrogens is 196 g/mol. The highest BCUT2D eigenvalue weighted by molar-refractivity contribution is 6.04. The third-order valence-corrected chi connectivity index (χ3v) is 3.09. The molecular formula is C11H14O4. The van der Waals surface area contributed by atoms with Gasteiger partial charge in [0.25, 0.3) is 0 Å². The number of esters is 2. The summed E-state index contributed by atoms with van der Waals surface area (Å²) in [6, 6.07) is 0. The molecule has 0 bridgehead atoms. The quantitative estimate of drug-likeness (QED) is 0.397. The van der Waals surface area contributed by atoms with Crippen LogP contribution in [-0.4, -0.2) is 26.2 Å². The van der Waals surface area contributed by atoms with Gasteiger partial charge in [0.05, 0.1) is 14.2 Å². The Hall–Kier alpha value is -1.32. The Morgan fingerprint density at radius 2 is 1.80 bits per heavy atom. The van der Waals surface area contributed by atoms with Gasteiger partial charge in [0, 0.05) is 5.92 Å². The second-order valence-corrected chi connectivity index (χ2v) is 4.09. The van der Waals surface area contributed by atoms with Crippen LogP contribution < -0.4 is 0 Å². The molecule has 0 heterocycles. The van der Waals surface area contributed by atoms with Crippen molar-refractivity contribution in [2.45, 2.75) is 19.3 Å². The van der Waals surface area contributed by atoms with Crippen molar-refractivity contribution in [2.75, 3.05) is 14.2 Å². The minimum absolute atomic E-state index is 0.0186. The molecule has 2 aliphatic rings. The van der Waals surface area contributed by atoms with Gasteiger partial charge in [-0.25, -0.2) is 0 Å². The van der Waals surface area contributed by atoms with E-state index in [4.69, 9.17) is 0 Å². The summed E-state index contributed by atoms with van der Waals surface area (Å²) < 4.78 is 9.33. The van der Waals surface area contributed by atoms with Gasteiger partial charge in [0.1, 0.15) is 0 Å². The lowest BCUT2D eigenvalue weighted by Crippen LogP contribution is -2.30. The molecule has 4 nitrogen and oxygen atoms in total. The van der Waals surface area contributed by atoms with Crippen molar-refractivity contribution in [1.82, 2.24) is 0 Å². The van der Waals surface area contributed by atoms with Crippen molar-refractivity contribution in [1.29, 1.82) is 0 Å². The largest absolute Gasteiger partial charge is 0.468 e. The van der Waals surface area contributed by atoms with E-state index in [0.717, 1.165) is 12.8 Å². The third-order valence-electron chi connectivity index (χ3n) is 3.09. The predicted octanol–water partition coefficient (Wildman–Crippen LogP) is 1.06. The Labute approximate surface area is 88.2 Å². The predicted molar refractivity (Wildman–Crippen MR) is 51.9 cm³/mol. The van der Waals surface area contributed by atoms with E-state index in [9.17, 15) is 9.59 Å². The number of methoxy groups -OCH3 is 2. The van der Waals surface area contributed by atoms with Gasteiger partial charge in [0.2, 0.25) is 0 Å². The fourth-order valence-corrected chi connectivity index (χ4v) is 1.93. The van der Waals surface area contributed by atoms with E-state index >= 15 is 0 Å². The molecule has 2 aliphatic carbocycles.